The lowest BCUT2D eigenvalue weighted by Gasteiger charge is -2.26. The van der Waals surface area contributed by atoms with Crippen molar-refractivity contribution in [2.45, 2.75) is 96.1 Å². The third kappa shape index (κ3) is 7.65. The summed E-state index contributed by atoms with van der Waals surface area (Å²) in [6.07, 6.45) is 15.4. The molecule has 0 aromatic rings. The van der Waals surface area contributed by atoms with Crippen molar-refractivity contribution in [1.29, 1.82) is 0 Å². The van der Waals surface area contributed by atoms with Crippen LogP contribution in [0.15, 0.2) is 12.2 Å². The number of carbonyl (C=O) groups is 2. The summed E-state index contributed by atoms with van der Waals surface area (Å²) in [5.74, 6) is 0.497. The molecule has 1 aliphatic heterocycles. The average molecular weight is 380 g/mol. The molecule has 1 saturated carbocycles. The van der Waals surface area contributed by atoms with Crippen LogP contribution in [0.3, 0.4) is 0 Å². The van der Waals surface area contributed by atoms with Gasteiger partial charge in [0, 0.05) is 19.4 Å². The molecule has 1 N–H and O–H groups in total. The molecule has 0 bridgehead atoms. The van der Waals surface area contributed by atoms with E-state index in [-0.39, 0.29) is 24.0 Å². The van der Waals surface area contributed by atoms with Crippen LogP contribution in [0.1, 0.15) is 84.0 Å². The standard InChI is InChI=1S/C22H37NO4/c1-2-27-22(26)12-8-3-4-9-17-23-19(14-16-21(23)25)13-15-20(24)18-10-6-5-7-11-18/h13,15,18-20,24H,2-12,14,16-17H2,1H3. The first-order valence-electron chi connectivity index (χ1n) is 10.9. The highest BCUT2D eigenvalue weighted by Gasteiger charge is 2.29. The van der Waals surface area contributed by atoms with Gasteiger partial charge in [0.05, 0.1) is 18.8 Å². The fourth-order valence-electron chi connectivity index (χ4n) is 4.26. The van der Waals surface area contributed by atoms with Crippen LogP contribution in [-0.2, 0) is 14.3 Å². The van der Waals surface area contributed by atoms with Gasteiger partial charge in [0.15, 0.2) is 0 Å². The minimum atomic E-state index is -0.370. The molecule has 5 heteroatoms. The SMILES string of the molecule is CCOC(=O)CCCCCCN1C(=O)CCC1C=CC(O)C1CCCCC1. The van der Waals surface area contributed by atoms with Crippen molar-refractivity contribution in [1.82, 2.24) is 4.90 Å². The fraction of sp³-hybridized carbons (Fsp3) is 0.818. The molecule has 27 heavy (non-hydrogen) atoms. The van der Waals surface area contributed by atoms with Crippen molar-refractivity contribution >= 4 is 11.9 Å². The summed E-state index contributed by atoms with van der Waals surface area (Å²) in [5.41, 5.74) is 0. The van der Waals surface area contributed by atoms with E-state index in [4.69, 9.17) is 4.74 Å². The number of hydrogen-bond donors (Lipinski definition) is 1. The van der Waals surface area contributed by atoms with Gasteiger partial charge in [0.25, 0.3) is 0 Å². The van der Waals surface area contributed by atoms with Crippen LogP contribution in [0.4, 0.5) is 0 Å². The predicted octanol–water partition coefficient (Wildman–Crippen LogP) is 3.99. The van der Waals surface area contributed by atoms with Crippen LogP contribution >= 0.6 is 0 Å². The highest BCUT2D eigenvalue weighted by Crippen LogP contribution is 2.28. The van der Waals surface area contributed by atoms with Crippen molar-refractivity contribution < 1.29 is 19.4 Å². The van der Waals surface area contributed by atoms with E-state index in [1.165, 1.54) is 19.3 Å². The van der Waals surface area contributed by atoms with Crippen LogP contribution in [0, 0.1) is 5.92 Å². The molecule has 0 aromatic heterocycles. The molecule has 0 spiro atoms. The molecule has 2 atom stereocenters. The van der Waals surface area contributed by atoms with Gasteiger partial charge in [-0.15, -0.1) is 0 Å². The molecular weight excluding hydrogens is 342 g/mol. The minimum absolute atomic E-state index is 0.117. The van der Waals surface area contributed by atoms with E-state index < -0.39 is 0 Å². The molecule has 1 amide bonds. The summed E-state index contributed by atoms with van der Waals surface area (Å²) >= 11 is 0. The van der Waals surface area contributed by atoms with E-state index in [0.29, 0.717) is 25.4 Å². The molecule has 154 valence electrons. The second-order valence-corrected chi connectivity index (χ2v) is 7.94. The van der Waals surface area contributed by atoms with Gasteiger partial charge >= 0.3 is 5.97 Å². The molecular formula is C22H37NO4. The summed E-state index contributed by atoms with van der Waals surface area (Å²) in [5, 5.41) is 10.4. The Morgan fingerprint density at radius 1 is 1.19 bits per heavy atom. The lowest BCUT2D eigenvalue weighted by molar-refractivity contribution is -0.143. The maximum Gasteiger partial charge on any atom is 0.305 e. The third-order valence-corrected chi connectivity index (χ3v) is 5.87. The number of aliphatic hydroxyl groups is 1. The van der Waals surface area contributed by atoms with Gasteiger partial charge in [0.1, 0.15) is 0 Å². The van der Waals surface area contributed by atoms with Gasteiger partial charge in [-0.1, -0.05) is 44.3 Å². The smallest absolute Gasteiger partial charge is 0.305 e. The number of amides is 1. The fourth-order valence-corrected chi connectivity index (χ4v) is 4.26. The Balaban J connectivity index is 1.67. The van der Waals surface area contributed by atoms with Gasteiger partial charge in [-0.2, -0.15) is 0 Å². The van der Waals surface area contributed by atoms with Crippen LogP contribution in [0.2, 0.25) is 0 Å². The molecule has 0 aromatic carbocycles. The molecule has 0 radical (unpaired) electrons. The van der Waals surface area contributed by atoms with Gasteiger partial charge < -0.3 is 14.7 Å². The normalized spacial score (nSPS) is 22.5. The second kappa shape index (κ2) is 12.2. The number of aliphatic hydroxyl groups excluding tert-OH is 1. The van der Waals surface area contributed by atoms with Crippen molar-refractivity contribution in [2.24, 2.45) is 5.92 Å². The Kier molecular flexibility index (Phi) is 9.89. The number of rotatable bonds is 11. The zero-order chi connectivity index (χ0) is 19.5. The van der Waals surface area contributed by atoms with Crippen molar-refractivity contribution in [3.63, 3.8) is 0 Å². The van der Waals surface area contributed by atoms with E-state index in [9.17, 15) is 14.7 Å². The molecule has 2 aliphatic rings. The van der Waals surface area contributed by atoms with Gasteiger partial charge in [-0.3, -0.25) is 9.59 Å². The van der Waals surface area contributed by atoms with E-state index >= 15 is 0 Å². The Hall–Kier alpha value is -1.36. The van der Waals surface area contributed by atoms with E-state index in [0.717, 1.165) is 51.5 Å². The topological polar surface area (TPSA) is 66.8 Å². The van der Waals surface area contributed by atoms with Crippen LogP contribution in [0.25, 0.3) is 0 Å². The Morgan fingerprint density at radius 2 is 1.93 bits per heavy atom. The molecule has 2 fully saturated rings. The molecule has 5 nitrogen and oxygen atoms in total. The lowest BCUT2D eigenvalue weighted by atomic mass is 9.85. The number of hydrogen-bond acceptors (Lipinski definition) is 4. The monoisotopic (exact) mass is 379 g/mol. The van der Waals surface area contributed by atoms with E-state index in [2.05, 4.69) is 6.08 Å². The summed E-state index contributed by atoms with van der Waals surface area (Å²) < 4.78 is 4.93. The Bertz CT molecular complexity index is 485. The second-order valence-electron chi connectivity index (χ2n) is 7.94. The van der Waals surface area contributed by atoms with Crippen LogP contribution in [-0.4, -0.2) is 47.2 Å². The highest BCUT2D eigenvalue weighted by atomic mass is 16.5. The maximum absolute atomic E-state index is 12.2. The van der Waals surface area contributed by atoms with E-state index in [1.54, 1.807) is 0 Å². The van der Waals surface area contributed by atoms with Gasteiger partial charge in [0.2, 0.25) is 5.91 Å². The van der Waals surface area contributed by atoms with Crippen molar-refractivity contribution in [3.05, 3.63) is 12.2 Å². The van der Waals surface area contributed by atoms with Crippen LogP contribution in [0.5, 0.6) is 0 Å². The number of esters is 1. The summed E-state index contributed by atoms with van der Waals surface area (Å²) in [6.45, 7) is 3.04. The first kappa shape index (κ1) is 21.9. The zero-order valence-electron chi connectivity index (χ0n) is 16.9. The third-order valence-electron chi connectivity index (χ3n) is 5.87. The molecule has 1 aliphatic carbocycles. The lowest BCUT2D eigenvalue weighted by Crippen LogP contribution is -2.33. The quantitative estimate of drug-likeness (QED) is 0.335. The highest BCUT2D eigenvalue weighted by molar-refractivity contribution is 5.79. The summed E-state index contributed by atoms with van der Waals surface area (Å²) in [4.78, 5) is 25.5. The van der Waals surface area contributed by atoms with Crippen LogP contribution < -0.4 is 0 Å². The maximum atomic E-state index is 12.2. The number of nitrogens with zero attached hydrogens (tertiary/aromatic N) is 1. The molecule has 2 rings (SSSR count). The number of unbranched alkanes of at least 4 members (excludes halogenated alkanes) is 3. The summed E-state index contributed by atoms with van der Waals surface area (Å²) in [6, 6.07) is 0.135. The predicted molar refractivity (Wildman–Crippen MR) is 106 cm³/mol. The first-order chi connectivity index (χ1) is 13.1. The molecule has 1 saturated heterocycles. The first-order valence-corrected chi connectivity index (χ1v) is 10.9. The number of likely N-dealkylation sites (tertiary alicyclic amines) is 1. The van der Waals surface area contributed by atoms with Crippen molar-refractivity contribution in [3.8, 4) is 0 Å². The molecule has 1 heterocycles. The van der Waals surface area contributed by atoms with Gasteiger partial charge in [-0.05, 0) is 44.9 Å². The minimum Gasteiger partial charge on any atom is -0.466 e. The van der Waals surface area contributed by atoms with Crippen molar-refractivity contribution in [2.75, 3.05) is 13.2 Å². The summed E-state index contributed by atoms with van der Waals surface area (Å²) in [7, 11) is 0. The van der Waals surface area contributed by atoms with Gasteiger partial charge in [-0.25, -0.2) is 0 Å². The Labute approximate surface area is 164 Å². The molecule has 2 unspecified atom stereocenters. The zero-order valence-corrected chi connectivity index (χ0v) is 16.9. The largest absolute Gasteiger partial charge is 0.466 e. The number of carbonyl (C=O) groups excluding carboxylic acids is 2. The average Bonchev–Trinajstić information content (AvgIpc) is 3.03. The Morgan fingerprint density at radius 3 is 2.67 bits per heavy atom. The van der Waals surface area contributed by atoms with E-state index in [1.807, 2.05) is 17.9 Å². The number of ether oxygens (including phenoxy) is 1.